The molecule has 35 heavy (non-hydrogen) atoms. The highest BCUT2D eigenvalue weighted by Crippen LogP contribution is 2.35. The van der Waals surface area contributed by atoms with Crippen LogP contribution in [0.25, 0.3) is 16.9 Å². The van der Waals surface area contributed by atoms with Crippen molar-refractivity contribution in [3.8, 4) is 17.0 Å². The van der Waals surface area contributed by atoms with Crippen LogP contribution >= 0.6 is 11.6 Å². The SMILES string of the molecule is COc1ccccc1C(=O)N1CC2CN(Cc3c(-c4ccc(Cl)cc4)nc4ccccn34)CC2C1. The van der Waals surface area contributed by atoms with Gasteiger partial charge in [0.2, 0.25) is 0 Å². The van der Waals surface area contributed by atoms with Crippen molar-refractivity contribution in [2.24, 2.45) is 11.8 Å². The molecule has 1 amide bonds. The summed E-state index contributed by atoms with van der Waals surface area (Å²) in [6.45, 7) is 4.34. The summed E-state index contributed by atoms with van der Waals surface area (Å²) in [5, 5.41) is 0.721. The van der Waals surface area contributed by atoms with Crippen LogP contribution in [0.15, 0.2) is 72.9 Å². The average Bonchev–Trinajstić information content (AvgIpc) is 3.56. The number of carbonyl (C=O) groups excluding carboxylic acids is 1. The molecule has 2 unspecified atom stereocenters. The molecule has 2 saturated heterocycles. The van der Waals surface area contributed by atoms with E-state index in [4.69, 9.17) is 21.3 Å². The zero-order valence-electron chi connectivity index (χ0n) is 19.6. The second-order valence-electron chi connectivity index (χ2n) is 9.47. The summed E-state index contributed by atoms with van der Waals surface area (Å²) < 4.78 is 7.60. The maximum Gasteiger partial charge on any atom is 0.257 e. The fourth-order valence-corrected chi connectivity index (χ4v) is 5.75. The highest BCUT2D eigenvalue weighted by Gasteiger charge is 2.42. The van der Waals surface area contributed by atoms with Crippen LogP contribution in [0, 0.1) is 11.8 Å². The van der Waals surface area contributed by atoms with E-state index in [0.717, 1.165) is 54.7 Å². The lowest BCUT2D eigenvalue weighted by Gasteiger charge is -2.22. The highest BCUT2D eigenvalue weighted by molar-refractivity contribution is 6.30. The molecule has 2 aromatic carbocycles. The van der Waals surface area contributed by atoms with Gasteiger partial charge in [0.15, 0.2) is 0 Å². The number of fused-ring (bicyclic) bond motifs is 2. The predicted octanol–water partition coefficient (Wildman–Crippen LogP) is 4.87. The van der Waals surface area contributed by atoms with Gasteiger partial charge in [-0.25, -0.2) is 4.98 Å². The standard InChI is InChI=1S/C28H27ClN4O2/c1-35-25-7-3-2-6-23(25)28(34)32-16-20-14-31(15-21(20)17-32)18-24-27(19-9-11-22(29)12-10-19)30-26-8-4-5-13-33(24)26/h2-13,20-21H,14-18H2,1H3. The van der Waals surface area contributed by atoms with Gasteiger partial charge in [-0.3, -0.25) is 9.69 Å². The zero-order valence-corrected chi connectivity index (χ0v) is 20.4. The largest absolute Gasteiger partial charge is 0.496 e. The van der Waals surface area contributed by atoms with E-state index in [1.54, 1.807) is 7.11 Å². The molecule has 0 radical (unpaired) electrons. The van der Waals surface area contributed by atoms with Gasteiger partial charge in [0.1, 0.15) is 11.4 Å². The number of aromatic nitrogens is 2. The number of halogens is 1. The third kappa shape index (κ3) is 4.07. The lowest BCUT2D eigenvalue weighted by atomic mass is 10.0. The van der Waals surface area contributed by atoms with Crippen LogP contribution in [0.1, 0.15) is 16.1 Å². The van der Waals surface area contributed by atoms with Crippen LogP contribution < -0.4 is 4.74 Å². The lowest BCUT2D eigenvalue weighted by molar-refractivity contribution is 0.0770. The second kappa shape index (κ2) is 9.02. The van der Waals surface area contributed by atoms with Gasteiger partial charge in [-0.05, 0) is 48.2 Å². The van der Waals surface area contributed by atoms with Gasteiger partial charge < -0.3 is 14.0 Å². The molecule has 4 heterocycles. The van der Waals surface area contributed by atoms with Gasteiger partial charge in [-0.15, -0.1) is 0 Å². The number of hydrogen-bond acceptors (Lipinski definition) is 4. The number of methoxy groups -OCH3 is 1. The number of imidazole rings is 1. The first-order chi connectivity index (χ1) is 17.1. The van der Waals surface area contributed by atoms with Crippen molar-refractivity contribution in [3.63, 3.8) is 0 Å². The van der Waals surface area contributed by atoms with Crippen LogP contribution in [-0.2, 0) is 6.54 Å². The first kappa shape index (κ1) is 22.1. The van der Waals surface area contributed by atoms with Crippen molar-refractivity contribution in [1.29, 1.82) is 0 Å². The highest BCUT2D eigenvalue weighted by atomic mass is 35.5. The third-order valence-corrected chi connectivity index (χ3v) is 7.56. The number of likely N-dealkylation sites (tertiary alicyclic amines) is 2. The summed E-state index contributed by atoms with van der Waals surface area (Å²) in [5.74, 6) is 1.66. The minimum atomic E-state index is 0.0650. The molecule has 0 aliphatic carbocycles. The summed E-state index contributed by atoms with van der Waals surface area (Å²) in [6.07, 6.45) is 2.08. The van der Waals surface area contributed by atoms with Crippen molar-refractivity contribution >= 4 is 23.2 Å². The molecule has 2 aromatic heterocycles. The number of benzene rings is 2. The molecule has 0 N–H and O–H groups in total. The number of para-hydroxylation sites is 1. The van der Waals surface area contributed by atoms with Gasteiger partial charge in [0.05, 0.1) is 24.1 Å². The van der Waals surface area contributed by atoms with E-state index < -0.39 is 0 Å². The van der Waals surface area contributed by atoms with Gasteiger partial charge in [-0.1, -0.05) is 41.9 Å². The number of pyridine rings is 1. The van der Waals surface area contributed by atoms with E-state index in [-0.39, 0.29) is 5.91 Å². The Balaban J connectivity index is 1.20. The molecule has 2 fully saturated rings. The summed E-state index contributed by atoms with van der Waals surface area (Å²) >= 11 is 6.13. The Labute approximate surface area is 209 Å². The maximum absolute atomic E-state index is 13.2. The second-order valence-corrected chi connectivity index (χ2v) is 9.90. The number of carbonyl (C=O) groups is 1. The molecule has 178 valence electrons. The predicted molar refractivity (Wildman–Crippen MR) is 137 cm³/mol. The van der Waals surface area contributed by atoms with Crippen molar-refractivity contribution < 1.29 is 9.53 Å². The zero-order chi connectivity index (χ0) is 23.9. The van der Waals surface area contributed by atoms with Crippen LogP contribution in [0.3, 0.4) is 0 Å². The summed E-state index contributed by atoms with van der Waals surface area (Å²) in [6, 6.07) is 21.5. The van der Waals surface area contributed by atoms with Crippen molar-refractivity contribution in [2.45, 2.75) is 6.54 Å². The summed E-state index contributed by atoms with van der Waals surface area (Å²) in [4.78, 5) is 22.6. The number of nitrogens with zero attached hydrogens (tertiary/aromatic N) is 4. The van der Waals surface area contributed by atoms with E-state index >= 15 is 0 Å². The molecule has 2 aliphatic heterocycles. The van der Waals surface area contributed by atoms with Gasteiger partial charge in [0, 0.05) is 49.5 Å². The Hall–Kier alpha value is -3.35. The molecule has 4 aromatic rings. The molecular weight excluding hydrogens is 460 g/mol. The number of rotatable bonds is 5. The van der Waals surface area contributed by atoms with E-state index in [9.17, 15) is 4.79 Å². The minimum absolute atomic E-state index is 0.0650. The first-order valence-corrected chi connectivity index (χ1v) is 12.3. The van der Waals surface area contributed by atoms with Crippen molar-refractivity contribution in [2.75, 3.05) is 33.3 Å². The minimum Gasteiger partial charge on any atom is -0.496 e. The van der Waals surface area contributed by atoms with Gasteiger partial charge in [0.25, 0.3) is 5.91 Å². The third-order valence-electron chi connectivity index (χ3n) is 7.31. The quantitative estimate of drug-likeness (QED) is 0.404. The Morgan fingerprint density at radius 1 is 0.971 bits per heavy atom. The summed E-state index contributed by atoms with van der Waals surface area (Å²) in [5.41, 5.74) is 4.84. The van der Waals surface area contributed by atoms with E-state index in [1.807, 2.05) is 71.6 Å². The lowest BCUT2D eigenvalue weighted by Crippen LogP contribution is -2.33. The van der Waals surface area contributed by atoms with Crippen LogP contribution in [0.4, 0.5) is 0 Å². The van der Waals surface area contributed by atoms with Crippen molar-refractivity contribution in [1.82, 2.24) is 19.2 Å². The van der Waals surface area contributed by atoms with Crippen LogP contribution in [0.2, 0.25) is 5.02 Å². The fourth-order valence-electron chi connectivity index (χ4n) is 5.63. The smallest absolute Gasteiger partial charge is 0.257 e. The first-order valence-electron chi connectivity index (χ1n) is 12.0. The molecular formula is C28H27ClN4O2. The molecule has 6 nitrogen and oxygen atoms in total. The monoisotopic (exact) mass is 486 g/mol. The molecule has 0 bridgehead atoms. The Bertz CT molecular complexity index is 1370. The van der Waals surface area contributed by atoms with E-state index in [0.29, 0.717) is 23.1 Å². The van der Waals surface area contributed by atoms with Crippen molar-refractivity contribution in [3.05, 3.63) is 89.2 Å². The molecule has 2 atom stereocenters. The molecule has 7 heteroatoms. The molecule has 0 saturated carbocycles. The molecule has 0 spiro atoms. The average molecular weight is 487 g/mol. The Morgan fingerprint density at radius 2 is 1.69 bits per heavy atom. The van der Waals surface area contributed by atoms with E-state index in [1.165, 1.54) is 5.69 Å². The normalized spacial score (nSPS) is 19.9. The van der Waals surface area contributed by atoms with Crippen LogP contribution in [0.5, 0.6) is 5.75 Å². The van der Waals surface area contributed by atoms with Crippen LogP contribution in [-0.4, -0.2) is 58.4 Å². The Kier molecular flexibility index (Phi) is 5.71. The molecule has 2 aliphatic rings. The Morgan fingerprint density at radius 3 is 2.43 bits per heavy atom. The topological polar surface area (TPSA) is 50.1 Å². The maximum atomic E-state index is 13.2. The van der Waals surface area contributed by atoms with Gasteiger partial charge >= 0.3 is 0 Å². The van der Waals surface area contributed by atoms with E-state index in [2.05, 4.69) is 15.5 Å². The van der Waals surface area contributed by atoms with Gasteiger partial charge in [-0.2, -0.15) is 0 Å². The number of amides is 1. The molecule has 6 rings (SSSR count). The fraction of sp³-hybridized carbons (Fsp3) is 0.286. The number of hydrogen-bond donors (Lipinski definition) is 0. The number of ether oxygens (including phenoxy) is 1. The summed E-state index contributed by atoms with van der Waals surface area (Å²) in [7, 11) is 1.61.